The van der Waals surface area contributed by atoms with Gasteiger partial charge in [-0.1, -0.05) is 0 Å². The fourth-order valence-electron chi connectivity index (χ4n) is 3.76. The molecule has 0 atom stereocenters. The molecule has 0 radical (unpaired) electrons. The maximum atomic E-state index is 13.0. The third-order valence-corrected chi connectivity index (χ3v) is 7.40. The van der Waals surface area contributed by atoms with Crippen LogP contribution in [0.15, 0.2) is 40.3 Å². The van der Waals surface area contributed by atoms with Gasteiger partial charge in [0.1, 0.15) is 0 Å². The van der Waals surface area contributed by atoms with E-state index in [1.54, 1.807) is 39.7 Å². The Balaban J connectivity index is 1.29. The van der Waals surface area contributed by atoms with Crippen LogP contribution in [-0.4, -0.2) is 47.8 Å². The number of carbonyl (C=O) groups excluding carboxylic acids is 2. The van der Waals surface area contributed by atoms with Gasteiger partial charge in [-0.25, -0.2) is 0 Å². The van der Waals surface area contributed by atoms with Crippen molar-refractivity contribution < 1.29 is 14.0 Å². The summed E-state index contributed by atoms with van der Waals surface area (Å²) in [5.41, 5.74) is 2.60. The Morgan fingerprint density at radius 2 is 1.78 bits per heavy atom. The van der Waals surface area contributed by atoms with Gasteiger partial charge < -0.3 is 14.2 Å². The number of hydrogen-bond acceptors (Lipinski definition) is 5. The summed E-state index contributed by atoms with van der Waals surface area (Å²) in [4.78, 5) is 32.5. The Hall–Kier alpha value is -2.38. The molecule has 138 valence electrons. The molecule has 0 saturated carbocycles. The minimum atomic E-state index is -0.108. The van der Waals surface area contributed by atoms with Crippen molar-refractivity contribution >= 4 is 34.5 Å². The first-order valence-corrected chi connectivity index (χ1v) is 10.7. The van der Waals surface area contributed by atoms with Gasteiger partial charge in [-0.3, -0.25) is 9.59 Å². The number of hydrogen-bond donors (Lipinski definition) is 0. The number of nitrogens with zero attached hydrogens (tertiary/aromatic N) is 2. The topological polar surface area (TPSA) is 53.8 Å². The van der Waals surface area contributed by atoms with Crippen molar-refractivity contribution in [1.82, 2.24) is 9.80 Å². The molecule has 7 heteroatoms. The number of furan rings is 1. The van der Waals surface area contributed by atoms with Crippen LogP contribution in [0.1, 0.15) is 30.7 Å². The summed E-state index contributed by atoms with van der Waals surface area (Å²) >= 11 is 3.41. The van der Waals surface area contributed by atoms with E-state index >= 15 is 0 Å². The van der Waals surface area contributed by atoms with Gasteiger partial charge in [0.25, 0.3) is 11.8 Å². The minimum absolute atomic E-state index is 0.0799. The summed E-state index contributed by atoms with van der Waals surface area (Å²) in [5.74, 6) is 0.326. The van der Waals surface area contributed by atoms with Gasteiger partial charge in [-0.05, 0) is 48.1 Å². The monoisotopic (exact) mass is 398 g/mol. The van der Waals surface area contributed by atoms with Crippen LogP contribution in [0.3, 0.4) is 0 Å². The fraction of sp³-hybridized carbons (Fsp3) is 0.300. The molecule has 0 unspecified atom stereocenters. The largest absolute Gasteiger partial charge is 0.459 e. The smallest absolute Gasteiger partial charge is 0.289 e. The highest BCUT2D eigenvalue weighted by Gasteiger charge is 2.29. The lowest BCUT2D eigenvalue weighted by atomic mass is 9.98. The van der Waals surface area contributed by atoms with Gasteiger partial charge in [0.15, 0.2) is 5.76 Å². The molecule has 1 aliphatic carbocycles. The Morgan fingerprint density at radius 3 is 2.52 bits per heavy atom. The van der Waals surface area contributed by atoms with Gasteiger partial charge in [0.05, 0.1) is 11.1 Å². The standard InChI is InChI=1S/C20H18N2O3S2/c23-19(15-2-1-10-25-15)21-6-8-22(9-7-21)20(24)17-12-13-3-4-16-14(5-11-26-16)18(13)27-17/h1-2,5,10-12H,3-4,6-9H2. The Bertz CT molecular complexity index is 995. The van der Waals surface area contributed by atoms with E-state index in [4.69, 9.17) is 4.42 Å². The lowest BCUT2D eigenvalue weighted by Crippen LogP contribution is -2.50. The third kappa shape index (κ3) is 2.91. The predicted molar refractivity (Wildman–Crippen MR) is 106 cm³/mol. The molecule has 0 aromatic carbocycles. The van der Waals surface area contributed by atoms with Crippen molar-refractivity contribution in [2.75, 3.05) is 26.2 Å². The van der Waals surface area contributed by atoms with E-state index in [0.717, 1.165) is 17.7 Å². The van der Waals surface area contributed by atoms with Crippen LogP contribution in [0.4, 0.5) is 0 Å². The van der Waals surface area contributed by atoms with Crippen molar-refractivity contribution in [1.29, 1.82) is 0 Å². The highest BCUT2D eigenvalue weighted by Crippen LogP contribution is 2.42. The highest BCUT2D eigenvalue weighted by atomic mass is 32.1. The van der Waals surface area contributed by atoms with E-state index < -0.39 is 0 Å². The van der Waals surface area contributed by atoms with E-state index in [-0.39, 0.29) is 11.8 Å². The number of amides is 2. The van der Waals surface area contributed by atoms with Crippen molar-refractivity contribution in [3.8, 4) is 10.4 Å². The Kier molecular flexibility index (Phi) is 4.13. The van der Waals surface area contributed by atoms with Gasteiger partial charge in [0, 0.05) is 41.5 Å². The first kappa shape index (κ1) is 16.8. The molecule has 2 amide bonds. The maximum absolute atomic E-state index is 13.0. The quantitative estimate of drug-likeness (QED) is 0.660. The van der Waals surface area contributed by atoms with Crippen molar-refractivity contribution in [2.45, 2.75) is 12.8 Å². The first-order valence-electron chi connectivity index (χ1n) is 9.02. The summed E-state index contributed by atoms with van der Waals surface area (Å²) in [7, 11) is 0. The Labute approximate surface area is 164 Å². The first-order chi connectivity index (χ1) is 13.2. The Morgan fingerprint density at radius 1 is 1.00 bits per heavy atom. The molecule has 27 heavy (non-hydrogen) atoms. The number of fused-ring (bicyclic) bond motifs is 3. The molecule has 0 N–H and O–H groups in total. The molecule has 2 aliphatic rings. The summed E-state index contributed by atoms with van der Waals surface area (Å²) in [5, 5.41) is 2.14. The van der Waals surface area contributed by atoms with Crippen molar-refractivity contribution in [3.63, 3.8) is 0 Å². The number of thiophene rings is 2. The normalized spacial score (nSPS) is 16.1. The summed E-state index contributed by atoms with van der Waals surface area (Å²) in [6.07, 6.45) is 3.58. The van der Waals surface area contributed by atoms with Crippen molar-refractivity contribution in [2.24, 2.45) is 0 Å². The molecule has 1 saturated heterocycles. The molecule has 1 fully saturated rings. The molecule has 0 bridgehead atoms. The average Bonchev–Trinajstić information content (AvgIpc) is 3.46. The number of piperazine rings is 1. The van der Waals surface area contributed by atoms with Crippen LogP contribution in [0, 0.1) is 0 Å². The number of aryl methyl sites for hydroxylation is 2. The van der Waals surface area contributed by atoms with Crippen molar-refractivity contribution in [3.05, 3.63) is 57.0 Å². The lowest BCUT2D eigenvalue weighted by Gasteiger charge is -2.34. The van der Waals surface area contributed by atoms with Gasteiger partial charge in [-0.2, -0.15) is 0 Å². The summed E-state index contributed by atoms with van der Waals surface area (Å²) < 4.78 is 5.19. The van der Waals surface area contributed by atoms with Crippen LogP contribution in [0.2, 0.25) is 0 Å². The third-order valence-electron chi connectivity index (χ3n) is 5.22. The second-order valence-corrected chi connectivity index (χ2v) is 8.84. The molecule has 0 spiro atoms. The van der Waals surface area contributed by atoms with Crippen LogP contribution in [0.25, 0.3) is 10.4 Å². The van der Waals surface area contributed by atoms with E-state index in [9.17, 15) is 9.59 Å². The van der Waals surface area contributed by atoms with Gasteiger partial charge in [0.2, 0.25) is 0 Å². The molecule has 5 nitrogen and oxygen atoms in total. The van der Waals surface area contributed by atoms with E-state index in [1.165, 1.54) is 27.1 Å². The van der Waals surface area contributed by atoms with Crippen LogP contribution < -0.4 is 0 Å². The van der Waals surface area contributed by atoms with Gasteiger partial charge >= 0.3 is 0 Å². The molecule has 5 rings (SSSR count). The van der Waals surface area contributed by atoms with E-state index in [2.05, 4.69) is 17.5 Å². The van der Waals surface area contributed by atoms with E-state index in [0.29, 0.717) is 31.9 Å². The molecule has 4 heterocycles. The second kappa shape index (κ2) is 6.65. The van der Waals surface area contributed by atoms with Gasteiger partial charge in [-0.15, -0.1) is 22.7 Å². The second-order valence-electron chi connectivity index (χ2n) is 6.78. The zero-order chi connectivity index (χ0) is 18.4. The summed E-state index contributed by atoms with van der Waals surface area (Å²) in [6, 6.07) is 7.63. The maximum Gasteiger partial charge on any atom is 0.289 e. The average molecular weight is 399 g/mol. The number of carbonyl (C=O) groups is 2. The molecular weight excluding hydrogens is 380 g/mol. The summed E-state index contributed by atoms with van der Waals surface area (Å²) in [6.45, 7) is 2.17. The molecular formula is C20H18N2O3S2. The zero-order valence-corrected chi connectivity index (χ0v) is 16.3. The molecule has 1 aliphatic heterocycles. The van der Waals surface area contributed by atoms with Crippen LogP contribution in [-0.2, 0) is 12.8 Å². The van der Waals surface area contributed by atoms with E-state index in [1.807, 2.05) is 4.90 Å². The fourth-order valence-corrected chi connectivity index (χ4v) is 5.94. The lowest BCUT2D eigenvalue weighted by molar-refractivity contribution is 0.0520. The minimum Gasteiger partial charge on any atom is -0.459 e. The highest BCUT2D eigenvalue weighted by molar-refractivity contribution is 7.18. The van der Waals surface area contributed by atoms with Crippen LogP contribution in [0.5, 0.6) is 0 Å². The predicted octanol–water partition coefficient (Wildman–Crippen LogP) is 3.77. The zero-order valence-electron chi connectivity index (χ0n) is 14.6. The molecule has 3 aromatic heterocycles. The van der Waals surface area contributed by atoms with Crippen LogP contribution >= 0.6 is 22.7 Å². The molecule has 3 aromatic rings. The SMILES string of the molecule is O=C(c1ccco1)N1CCN(C(=O)c2cc3c(s2)-c2ccsc2CC3)CC1. The number of rotatable bonds is 2.